The Kier molecular flexibility index (Phi) is 6.58. The molecule has 3 aromatic rings. The van der Waals surface area contributed by atoms with Crippen LogP contribution in [0.25, 0.3) is 0 Å². The molecule has 2 aliphatic rings. The molecule has 1 amide bonds. The average molecular weight is 496 g/mol. The molecule has 8 heteroatoms. The molecule has 0 radical (unpaired) electrons. The van der Waals surface area contributed by atoms with Crippen molar-refractivity contribution < 1.29 is 28.2 Å². The van der Waals surface area contributed by atoms with E-state index in [0.29, 0.717) is 27.4 Å². The first-order chi connectivity index (χ1) is 16.9. The van der Waals surface area contributed by atoms with Crippen molar-refractivity contribution in [3.05, 3.63) is 81.0 Å². The SMILES string of the molecule is CC(C)C(=O)Nc1sc2c(c1C(=O)OCc1cc(F)cc3c1OC(c1ccccc1)OC3)CCC2. The third kappa shape index (κ3) is 4.81. The Morgan fingerprint density at radius 1 is 1.20 bits per heavy atom. The Labute approximate surface area is 207 Å². The van der Waals surface area contributed by atoms with Gasteiger partial charge in [0.05, 0.1) is 12.2 Å². The van der Waals surface area contributed by atoms with Crippen LogP contribution in [0.4, 0.5) is 9.39 Å². The molecule has 1 aromatic heterocycles. The molecule has 0 saturated heterocycles. The number of halogens is 1. The number of carbonyl (C=O) groups excluding carboxylic acids is 2. The van der Waals surface area contributed by atoms with E-state index in [0.717, 1.165) is 35.3 Å². The highest BCUT2D eigenvalue weighted by Crippen LogP contribution is 2.41. The summed E-state index contributed by atoms with van der Waals surface area (Å²) in [6.45, 7) is 3.61. The van der Waals surface area contributed by atoms with E-state index >= 15 is 0 Å². The zero-order chi connectivity index (χ0) is 24.5. The molecule has 1 aliphatic carbocycles. The van der Waals surface area contributed by atoms with Crippen LogP contribution < -0.4 is 10.1 Å². The quantitative estimate of drug-likeness (QED) is 0.429. The van der Waals surface area contributed by atoms with Crippen LogP contribution >= 0.6 is 11.3 Å². The number of amides is 1. The highest BCUT2D eigenvalue weighted by molar-refractivity contribution is 7.17. The van der Waals surface area contributed by atoms with Gasteiger partial charge in [-0.15, -0.1) is 11.3 Å². The van der Waals surface area contributed by atoms with Gasteiger partial charge < -0.3 is 19.5 Å². The second-order valence-corrected chi connectivity index (χ2v) is 10.1. The summed E-state index contributed by atoms with van der Waals surface area (Å²) in [5.74, 6) is -0.900. The smallest absolute Gasteiger partial charge is 0.341 e. The van der Waals surface area contributed by atoms with Gasteiger partial charge in [0.15, 0.2) is 0 Å². The lowest BCUT2D eigenvalue weighted by Crippen LogP contribution is -2.20. The third-order valence-electron chi connectivity index (χ3n) is 6.14. The fourth-order valence-corrected chi connectivity index (χ4v) is 5.62. The van der Waals surface area contributed by atoms with Crippen molar-refractivity contribution in [1.29, 1.82) is 0 Å². The number of fused-ring (bicyclic) bond motifs is 2. The summed E-state index contributed by atoms with van der Waals surface area (Å²) >= 11 is 1.43. The van der Waals surface area contributed by atoms with E-state index in [1.54, 1.807) is 13.8 Å². The standard InChI is InChI=1S/C27H26FNO5S/c1-15(2)24(30)29-25-22(20-9-6-10-21(20)35-25)26(31)32-13-17-11-19(28)12-18-14-33-27(34-23(17)18)16-7-4-3-5-8-16/h3-5,7-8,11-12,15,27H,6,9-10,13-14H2,1-2H3,(H,29,30). The minimum absolute atomic E-state index is 0.154. The number of rotatable bonds is 6. The van der Waals surface area contributed by atoms with Crippen LogP contribution in [-0.4, -0.2) is 11.9 Å². The highest BCUT2D eigenvalue weighted by Gasteiger charge is 2.30. The third-order valence-corrected chi connectivity index (χ3v) is 7.35. The molecule has 0 saturated carbocycles. The van der Waals surface area contributed by atoms with E-state index in [9.17, 15) is 14.0 Å². The average Bonchev–Trinajstić information content (AvgIpc) is 3.43. The molecule has 0 fully saturated rings. The van der Waals surface area contributed by atoms with Gasteiger partial charge in [-0.05, 0) is 37.0 Å². The van der Waals surface area contributed by atoms with Crippen LogP contribution in [0.15, 0.2) is 42.5 Å². The second-order valence-electron chi connectivity index (χ2n) is 9.01. The van der Waals surface area contributed by atoms with E-state index in [2.05, 4.69) is 5.32 Å². The maximum absolute atomic E-state index is 14.3. The van der Waals surface area contributed by atoms with Crippen molar-refractivity contribution in [2.45, 2.75) is 52.6 Å². The molecule has 182 valence electrons. The normalized spacial score (nSPS) is 16.4. The molecule has 1 atom stereocenters. The van der Waals surface area contributed by atoms with Crippen LogP contribution in [0.1, 0.15) is 64.0 Å². The minimum atomic E-state index is -0.637. The molecule has 2 aromatic carbocycles. The van der Waals surface area contributed by atoms with Crippen molar-refractivity contribution in [2.75, 3.05) is 5.32 Å². The number of benzene rings is 2. The Morgan fingerprint density at radius 2 is 2.00 bits per heavy atom. The van der Waals surface area contributed by atoms with Crippen molar-refractivity contribution in [2.24, 2.45) is 5.92 Å². The molecule has 5 rings (SSSR count). The summed E-state index contributed by atoms with van der Waals surface area (Å²) in [6.07, 6.45) is 1.97. The number of carbonyl (C=O) groups is 2. The number of ether oxygens (including phenoxy) is 3. The van der Waals surface area contributed by atoms with Crippen LogP contribution in [0, 0.1) is 11.7 Å². The number of esters is 1. The van der Waals surface area contributed by atoms with Gasteiger partial charge in [-0.2, -0.15) is 0 Å². The number of nitrogens with one attached hydrogen (secondary N) is 1. The fraction of sp³-hybridized carbons (Fsp3) is 0.333. The molecule has 1 unspecified atom stereocenters. The van der Waals surface area contributed by atoms with Gasteiger partial charge in [-0.1, -0.05) is 44.2 Å². The van der Waals surface area contributed by atoms with E-state index in [1.165, 1.54) is 23.5 Å². The van der Waals surface area contributed by atoms with Gasteiger partial charge in [0, 0.05) is 27.5 Å². The largest absolute Gasteiger partial charge is 0.460 e. The molecular formula is C27H26FNO5S. The predicted octanol–water partition coefficient (Wildman–Crippen LogP) is 5.94. The molecular weight excluding hydrogens is 469 g/mol. The summed E-state index contributed by atoms with van der Waals surface area (Å²) in [4.78, 5) is 26.6. The van der Waals surface area contributed by atoms with Gasteiger partial charge in [0.1, 0.15) is 23.2 Å². The number of hydrogen-bond acceptors (Lipinski definition) is 6. The monoisotopic (exact) mass is 495 g/mol. The topological polar surface area (TPSA) is 73.9 Å². The molecule has 0 spiro atoms. The summed E-state index contributed by atoms with van der Waals surface area (Å²) in [7, 11) is 0. The van der Waals surface area contributed by atoms with Gasteiger partial charge in [0.2, 0.25) is 12.2 Å². The van der Waals surface area contributed by atoms with E-state index in [1.807, 2.05) is 30.3 Å². The Bertz CT molecular complexity index is 1270. The van der Waals surface area contributed by atoms with E-state index in [4.69, 9.17) is 14.2 Å². The van der Waals surface area contributed by atoms with Crippen LogP contribution in [0.2, 0.25) is 0 Å². The number of anilines is 1. The van der Waals surface area contributed by atoms with Crippen LogP contribution in [-0.2, 0) is 40.3 Å². The van der Waals surface area contributed by atoms with Crippen molar-refractivity contribution in [3.63, 3.8) is 0 Å². The lowest BCUT2D eigenvalue weighted by atomic mass is 10.1. The van der Waals surface area contributed by atoms with Gasteiger partial charge in [0.25, 0.3) is 0 Å². The highest BCUT2D eigenvalue weighted by atomic mass is 32.1. The van der Waals surface area contributed by atoms with Crippen molar-refractivity contribution in [1.82, 2.24) is 0 Å². The molecule has 1 N–H and O–H groups in total. The zero-order valence-corrected chi connectivity index (χ0v) is 20.4. The molecule has 6 nitrogen and oxygen atoms in total. The fourth-order valence-electron chi connectivity index (χ4n) is 4.34. The van der Waals surface area contributed by atoms with Gasteiger partial charge in [-0.25, -0.2) is 9.18 Å². The molecule has 1 aliphatic heterocycles. The van der Waals surface area contributed by atoms with E-state index < -0.39 is 18.1 Å². The summed E-state index contributed by atoms with van der Waals surface area (Å²) < 4.78 is 31.9. The first-order valence-corrected chi connectivity index (χ1v) is 12.5. The van der Waals surface area contributed by atoms with Gasteiger partial charge in [-0.3, -0.25) is 4.79 Å². The number of hydrogen-bond donors (Lipinski definition) is 1. The lowest BCUT2D eigenvalue weighted by Gasteiger charge is -2.28. The minimum Gasteiger partial charge on any atom is -0.460 e. The Morgan fingerprint density at radius 3 is 2.77 bits per heavy atom. The number of aryl methyl sites for hydroxylation is 1. The molecule has 0 bridgehead atoms. The first kappa shape index (κ1) is 23.5. The Balaban J connectivity index is 1.38. The first-order valence-electron chi connectivity index (χ1n) is 11.7. The maximum Gasteiger partial charge on any atom is 0.341 e. The Hall–Kier alpha value is -3.23. The molecule has 35 heavy (non-hydrogen) atoms. The zero-order valence-electron chi connectivity index (χ0n) is 19.6. The van der Waals surface area contributed by atoms with Crippen molar-refractivity contribution in [3.8, 4) is 5.75 Å². The van der Waals surface area contributed by atoms with E-state index in [-0.39, 0.29) is 25.0 Å². The predicted molar refractivity (Wildman–Crippen MR) is 130 cm³/mol. The lowest BCUT2D eigenvalue weighted by molar-refractivity contribution is -0.118. The van der Waals surface area contributed by atoms with Crippen molar-refractivity contribution >= 4 is 28.2 Å². The van der Waals surface area contributed by atoms with Crippen LogP contribution in [0.3, 0.4) is 0 Å². The second kappa shape index (κ2) is 9.79. The molecule has 2 heterocycles. The summed E-state index contributed by atoms with van der Waals surface area (Å²) in [6, 6.07) is 12.2. The van der Waals surface area contributed by atoms with Crippen LogP contribution in [0.5, 0.6) is 5.75 Å². The summed E-state index contributed by atoms with van der Waals surface area (Å²) in [5, 5.41) is 3.40. The summed E-state index contributed by atoms with van der Waals surface area (Å²) in [5.41, 5.74) is 3.17. The number of thiophene rings is 1. The van der Waals surface area contributed by atoms with Gasteiger partial charge >= 0.3 is 5.97 Å². The maximum atomic E-state index is 14.3.